The molecule has 2 rings (SSSR count). The summed E-state index contributed by atoms with van der Waals surface area (Å²) in [6.45, 7) is 10.3. The van der Waals surface area contributed by atoms with Crippen molar-refractivity contribution in [3.63, 3.8) is 0 Å². The molecule has 1 aromatic carbocycles. The van der Waals surface area contributed by atoms with Crippen LogP contribution in [0.1, 0.15) is 32.8 Å². The highest BCUT2D eigenvalue weighted by Gasteiger charge is 2.29. The van der Waals surface area contributed by atoms with Gasteiger partial charge in [0.1, 0.15) is 0 Å². The number of likely N-dealkylation sites (tertiary alicyclic amines) is 1. The second-order valence-electron chi connectivity index (χ2n) is 7.64. The highest BCUT2D eigenvalue weighted by molar-refractivity contribution is 5.79. The fourth-order valence-corrected chi connectivity index (χ4v) is 3.23. The smallest absolute Gasteiger partial charge is 0.191 e. The van der Waals surface area contributed by atoms with Crippen molar-refractivity contribution in [1.29, 1.82) is 0 Å². The van der Waals surface area contributed by atoms with Crippen molar-refractivity contribution in [2.45, 2.75) is 45.4 Å². The van der Waals surface area contributed by atoms with Gasteiger partial charge in [0, 0.05) is 46.4 Å². The van der Waals surface area contributed by atoms with Gasteiger partial charge >= 0.3 is 0 Å². The number of nitrogens with one attached hydrogen (secondary N) is 2. The lowest BCUT2D eigenvalue weighted by Gasteiger charge is -2.25. The van der Waals surface area contributed by atoms with Gasteiger partial charge in [-0.05, 0) is 38.7 Å². The van der Waals surface area contributed by atoms with E-state index < -0.39 is 0 Å². The number of benzene rings is 1. The highest BCUT2D eigenvalue weighted by Crippen LogP contribution is 2.24. The van der Waals surface area contributed by atoms with E-state index in [1.165, 1.54) is 12.0 Å². The molecule has 0 aromatic heterocycles. The summed E-state index contributed by atoms with van der Waals surface area (Å²) in [6.07, 6.45) is 1.22. The van der Waals surface area contributed by atoms with Crippen LogP contribution in [0.25, 0.3) is 0 Å². The van der Waals surface area contributed by atoms with Gasteiger partial charge in [0.15, 0.2) is 5.96 Å². The van der Waals surface area contributed by atoms with Crippen LogP contribution in [0.2, 0.25) is 0 Å². The molecule has 1 fully saturated rings. The summed E-state index contributed by atoms with van der Waals surface area (Å²) < 4.78 is 5.44. The fraction of sp³-hybridized carbons (Fsp3) is 0.650. The maximum atomic E-state index is 5.44. The fourth-order valence-electron chi connectivity index (χ4n) is 3.23. The van der Waals surface area contributed by atoms with Gasteiger partial charge in [-0.3, -0.25) is 9.89 Å². The van der Waals surface area contributed by atoms with E-state index in [4.69, 9.17) is 4.74 Å². The number of rotatable bonds is 7. The Morgan fingerprint density at radius 2 is 2.00 bits per heavy atom. The number of ether oxygens (including phenoxy) is 1. The van der Waals surface area contributed by atoms with Gasteiger partial charge in [-0.25, -0.2) is 0 Å². The molecule has 2 atom stereocenters. The Morgan fingerprint density at radius 3 is 2.64 bits per heavy atom. The van der Waals surface area contributed by atoms with Crippen molar-refractivity contribution in [1.82, 2.24) is 15.5 Å². The average Bonchev–Trinajstić information content (AvgIpc) is 2.95. The predicted octanol–water partition coefficient (Wildman–Crippen LogP) is 2.49. The lowest BCUT2D eigenvalue weighted by atomic mass is 10.1. The van der Waals surface area contributed by atoms with E-state index in [0.717, 1.165) is 32.1 Å². The van der Waals surface area contributed by atoms with E-state index in [1.54, 1.807) is 7.11 Å². The molecule has 0 bridgehead atoms. The van der Waals surface area contributed by atoms with Gasteiger partial charge in [0.25, 0.3) is 0 Å². The lowest BCUT2D eigenvalue weighted by molar-refractivity contribution is 0.0268. The molecule has 0 amide bonds. The summed E-state index contributed by atoms with van der Waals surface area (Å²) in [5.41, 5.74) is 1.19. The first-order chi connectivity index (χ1) is 11.9. The first-order valence-corrected chi connectivity index (χ1v) is 9.21. The van der Waals surface area contributed by atoms with Crippen LogP contribution in [-0.4, -0.2) is 56.3 Å². The van der Waals surface area contributed by atoms with E-state index in [9.17, 15) is 0 Å². The molecule has 0 spiro atoms. The standard InChI is InChI=1S/C20H34N4O/c1-16-11-18(14-24(16)13-17-9-7-6-8-10-17)12-22-19(21-4)23-15-20(2,3)25-5/h6-10,16,18H,11-15H2,1-5H3,(H2,21,22,23). The number of guanidine groups is 1. The second kappa shape index (κ2) is 9.20. The zero-order valence-corrected chi connectivity index (χ0v) is 16.4. The van der Waals surface area contributed by atoms with Crippen LogP contribution >= 0.6 is 0 Å². The van der Waals surface area contributed by atoms with E-state index in [1.807, 2.05) is 7.05 Å². The average molecular weight is 347 g/mol. The third kappa shape index (κ3) is 6.33. The zero-order chi connectivity index (χ0) is 18.3. The van der Waals surface area contributed by atoms with E-state index >= 15 is 0 Å². The van der Waals surface area contributed by atoms with Gasteiger partial charge in [-0.2, -0.15) is 0 Å². The molecule has 1 aliphatic heterocycles. The summed E-state index contributed by atoms with van der Waals surface area (Å²) in [4.78, 5) is 6.89. The maximum Gasteiger partial charge on any atom is 0.191 e. The van der Waals surface area contributed by atoms with Crippen molar-refractivity contribution in [3.8, 4) is 0 Å². The third-order valence-corrected chi connectivity index (χ3v) is 5.03. The van der Waals surface area contributed by atoms with Crippen LogP contribution in [0.4, 0.5) is 0 Å². The van der Waals surface area contributed by atoms with Crippen molar-refractivity contribution >= 4 is 5.96 Å². The predicted molar refractivity (Wildman–Crippen MR) is 105 cm³/mol. The molecule has 0 aliphatic carbocycles. The van der Waals surface area contributed by atoms with Gasteiger partial charge in [-0.1, -0.05) is 30.3 Å². The van der Waals surface area contributed by atoms with Gasteiger partial charge in [0.05, 0.1) is 5.60 Å². The Bertz CT molecular complexity index is 544. The summed E-state index contributed by atoms with van der Waals surface area (Å²) in [5.74, 6) is 1.49. The Labute approximate surface area is 152 Å². The molecule has 5 heteroatoms. The quantitative estimate of drug-likeness (QED) is 0.588. The van der Waals surface area contributed by atoms with Crippen LogP contribution in [0.3, 0.4) is 0 Å². The van der Waals surface area contributed by atoms with E-state index in [0.29, 0.717) is 12.0 Å². The number of hydrogen-bond donors (Lipinski definition) is 2. The normalized spacial score (nSPS) is 22.2. The summed E-state index contributed by atoms with van der Waals surface area (Å²) in [6, 6.07) is 11.4. The molecule has 2 N–H and O–H groups in total. The van der Waals surface area contributed by atoms with Crippen LogP contribution in [0, 0.1) is 5.92 Å². The Hall–Kier alpha value is -1.59. The molecule has 5 nitrogen and oxygen atoms in total. The largest absolute Gasteiger partial charge is 0.377 e. The first-order valence-electron chi connectivity index (χ1n) is 9.21. The molecule has 2 unspecified atom stereocenters. The molecular formula is C20H34N4O. The molecule has 0 radical (unpaired) electrons. The minimum absolute atomic E-state index is 0.202. The van der Waals surface area contributed by atoms with Crippen molar-refractivity contribution in [2.24, 2.45) is 10.9 Å². The number of aliphatic imine (C=N–C) groups is 1. The Kier molecular flexibility index (Phi) is 7.26. The monoisotopic (exact) mass is 346 g/mol. The molecule has 1 saturated heterocycles. The SMILES string of the molecule is CN=C(NCC1CC(C)N(Cc2ccccc2)C1)NCC(C)(C)OC. The highest BCUT2D eigenvalue weighted by atomic mass is 16.5. The number of methoxy groups -OCH3 is 1. The summed E-state index contributed by atoms with van der Waals surface area (Å²) in [7, 11) is 3.55. The van der Waals surface area contributed by atoms with Gasteiger partial charge in [-0.15, -0.1) is 0 Å². The topological polar surface area (TPSA) is 48.9 Å². The molecule has 0 saturated carbocycles. The minimum Gasteiger partial charge on any atom is -0.377 e. The molecular weight excluding hydrogens is 312 g/mol. The van der Waals surface area contributed by atoms with Gasteiger partial charge in [0.2, 0.25) is 0 Å². The van der Waals surface area contributed by atoms with E-state index in [-0.39, 0.29) is 5.60 Å². The third-order valence-electron chi connectivity index (χ3n) is 5.03. The lowest BCUT2D eigenvalue weighted by Crippen LogP contribution is -2.46. The van der Waals surface area contributed by atoms with Crippen molar-refractivity contribution in [3.05, 3.63) is 35.9 Å². The van der Waals surface area contributed by atoms with Crippen molar-refractivity contribution in [2.75, 3.05) is 33.8 Å². The summed E-state index contributed by atoms with van der Waals surface area (Å²) in [5, 5.41) is 6.82. The molecule has 140 valence electrons. The molecule has 1 heterocycles. The van der Waals surface area contributed by atoms with Crippen LogP contribution in [0.15, 0.2) is 35.3 Å². The second-order valence-corrected chi connectivity index (χ2v) is 7.64. The van der Waals surface area contributed by atoms with Crippen molar-refractivity contribution < 1.29 is 4.74 Å². The summed E-state index contributed by atoms with van der Waals surface area (Å²) >= 11 is 0. The maximum absolute atomic E-state index is 5.44. The van der Waals surface area contributed by atoms with Crippen LogP contribution < -0.4 is 10.6 Å². The Balaban J connectivity index is 1.77. The Morgan fingerprint density at radius 1 is 1.28 bits per heavy atom. The van der Waals surface area contributed by atoms with Gasteiger partial charge < -0.3 is 15.4 Å². The molecule has 25 heavy (non-hydrogen) atoms. The van der Waals surface area contributed by atoms with Crippen LogP contribution in [-0.2, 0) is 11.3 Å². The van der Waals surface area contributed by atoms with Crippen LogP contribution in [0.5, 0.6) is 0 Å². The molecule has 1 aromatic rings. The first kappa shape index (κ1) is 19.7. The minimum atomic E-state index is -0.202. The molecule has 1 aliphatic rings. The number of hydrogen-bond acceptors (Lipinski definition) is 3. The number of nitrogens with zero attached hydrogens (tertiary/aromatic N) is 2. The van der Waals surface area contributed by atoms with E-state index in [2.05, 4.69) is 71.6 Å². The zero-order valence-electron chi connectivity index (χ0n) is 16.4.